The number of rotatable bonds is 4. The summed E-state index contributed by atoms with van der Waals surface area (Å²) < 4.78 is 5.83. The normalized spacial score (nSPS) is 10.9. The molecule has 1 aromatic rings. The number of carbonyl (C=O) groups is 1. The monoisotopic (exact) mass is 220 g/mol. The first-order valence-electron chi connectivity index (χ1n) is 4.89. The second kappa shape index (κ2) is 4.44. The topological polar surface area (TPSA) is 26.3 Å². The van der Waals surface area contributed by atoms with Crippen LogP contribution >= 0.6 is 0 Å². The highest BCUT2D eigenvalue weighted by Gasteiger charge is 2.19. The fourth-order valence-corrected chi connectivity index (χ4v) is 2.04. The highest BCUT2D eigenvalue weighted by atomic mass is 28.4. The molecule has 0 atom stereocenters. The van der Waals surface area contributed by atoms with Crippen molar-refractivity contribution in [3.05, 3.63) is 42.5 Å². The zero-order valence-electron chi connectivity index (χ0n) is 9.41. The molecule has 0 aliphatic carbocycles. The maximum absolute atomic E-state index is 11.5. The first-order chi connectivity index (χ1) is 6.94. The molecule has 3 heteroatoms. The van der Waals surface area contributed by atoms with E-state index in [0.29, 0.717) is 11.3 Å². The Kier molecular flexibility index (Phi) is 3.47. The van der Waals surface area contributed by atoms with E-state index in [1.54, 1.807) is 6.07 Å². The second-order valence-corrected chi connectivity index (χ2v) is 8.71. The lowest BCUT2D eigenvalue weighted by Gasteiger charge is -2.20. The van der Waals surface area contributed by atoms with Crippen LogP contribution in [0.15, 0.2) is 36.9 Å². The standard InChI is InChI=1S/C12H16O2Si/c1-5-11(13)10-8-6-7-9-12(10)14-15(2,3)4/h5-9H,1H2,2-4H3. The van der Waals surface area contributed by atoms with E-state index in [2.05, 4.69) is 26.2 Å². The highest BCUT2D eigenvalue weighted by molar-refractivity contribution is 6.70. The zero-order chi connectivity index (χ0) is 11.5. The van der Waals surface area contributed by atoms with Crippen LogP contribution in [-0.2, 0) is 0 Å². The minimum Gasteiger partial charge on any atom is -0.544 e. The van der Waals surface area contributed by atoms with Crippen LogP contribution in [0.25, 0.3) is 0 Å². The molecule has 0 saturated carbocycles. The van der Waals surface area contributed by atoms with Crippen molar-refractivity contribution in [1.82, 2.24) is 0 Å². The highest BCUT2D eigenvalue weighted by Crippen LogP contribution is 2.22. The third-order valence-electron chi connectivity index (χ3n) is 1.75. The van der Waals surface area contributed by atoms with E-state index >= 15 is 0 Å². The van der Waals surface area contributed by atoms with Gasteiger partial charge < -0.3 is 4.43 Å². The molecule has 0 N–H and O–H groups in total. The van der Waals surface area contributed by atoms with Crippen LogP contribution in [0.3, 0.4) is 0 Å². The summed E-state index contributed by atoms with van der Waals surface area (Å²) in [5.41, 5.74) is 0.593. The third kappa shape index (κ3) is 3.36. The molecule has 1 rings (SSSR count). The van der Waals surface area contributed by atoms with E-state index in [-0.39, 0.29) is 5.78 Å². The molecule has 15 heavy (non-hydrogen) atoms. The molecular formula is C12H16O2Si. The van der Waals surface area contributed by atoms with E-state index in [0.717, 1.165) is 0 Å². The van der Waals surface area contributed by atoms with Gasteiger partial charge in [0.25, 0.3) is 0 Å². The van der Waals surface area contributed by atoms with Gasteiger partial charge in [0, 0.05) is 0 Å². The molecule has 0 spiro atoms. The number of para-hydroxylation sites is 1. The van der Waals surface area contributed by atoms with Crippen LogP contribution in [0, 0.1) is 0 Å². The number of benzene rings is 1. The van der Waals surface area contributed by atoms with Gasteiger partial charge in [-0.15, -0.1) is 0 Å². The van der Waals surface area contributed by atoms with Crippen molar-refractivity contribution in [1.29, 1.82) is 0 Å². The Morgan fingerprint density at radius 3 is 2.47 bits per heavy atom. The average Bonchev–Trinajstić information content (AvgIpc) is 2.15. The lowest BCUT2D eigenvalue weighted by molar-refractivity contribution is 0.104. The Morgan fingerprint density at radius 2 is 1.93 bits per heavy atom. The molecule has 0 fully saturated rings. The largest absolute Gasteiger partial charge is 0.544 e. The number of allylic oxidation sites excluding steroid dienone is 1. The molecule has 0 aliphatic rings. The maximum Gasteiger partial charge on any atom is 0.242 e. The van der Waals surface area contributed by atoms with Gasteiger partial charge in [0.15, 0.2) is 5.78 Å². The van der Waals surface area contributed by atoms with Gasteiger partial charge >= 0.3 is 0 Å². The molecule has 0 bridgehead atoms. The Bertz CT molecular complexity index is 377. The fourth-order valence-electron chi connectivity index (χ4n) is 1.20. The number of carbonyl (C=O) groups excluding carboxylic acids is 1. The molecule has 0 aromatic heterocycles. The molecule has 0 amide bonds. The van der Waals surface area contributed by atoms with Gasteiger partial charge in [-0.2, -0.15) is 0 Å². The first kappa shape index (κ1) is 11.7. The molecule has 0 radical (unpaired) electrons. The van der Waals surface area contributed by atoms with E-state index in [1.165, 1.54) is 6.08 Å². The molecule has 80 valence electrons. The Hall–Kier alpha value is -1.35. The second-order valence-electron chi connectivity index (χ2n) is 4.28. The van der Waals surface area contributed by atoms with Crippen LogP contribution in [0.2, 0.25) is 19.6 Å². The van der Waals surface area contributed by atoms with Gasteiger partial charge in [-0.25, -0.2) is 0 Å². The van der Waals surface area contributed by atoms with Crippen molar-refractivity contribution in [2.75, 3.05) is 0 Å². The van der Waals surface area contributed by atoms with Crippen molar-refractivity contribution >= 4 is 14.1 Å². The third-order valence-corrected chi connectivity index (χ3v) is 2.59. The SMILES string of the molecule is C=CC(=O)c1ccccc1O[Si](C)(C)C. The minimum atomic E-state index is -1.67. The average molecular weight is 220 g/mol. The maximum atomic E-state index is 11.5. The van der Waals surface area contributed by atoms with Gasteiger partial charge in [-0.3, -0.25) is 4.79 Å². The van der Waals surface area contributed by atoms with Crippen LogP contribution in [0.1, 0.15) is 10.4 Å². The molecule has 0 unspecified atom stereocenters. The van der Waals surface area contributed by atoms with E-state index in [9.17, 15) is 4.79 Å². The number of hydrogen-bond acceptors (Lipinski definition) is 2. The van der Waals surface area contributed by atoms with Crippen molar-refractivity contribution in [2.24, 2.45) is 0 Å². The van der Waals surface area contributed by atoms with E-state index in [1.807, 2.05) is 18.2 Å². The van der Waals surface area contributed by atoms with Crippen molar-refractivity contribution in [3.63, 3.8) is 0 Å². The lowest BCUT2D eigenvalue weighted by Crippen LogP contribution is -2.30. The minimum absolute atomic E-state index is 0.0937. The van der Waals surface area contributed by atoms with Gasteiger partial charge in [0.05, 0.1) is 5.56 Å². The van der Waals surface area contributed by atoms with Crippen molar-refractivity contribution < 1.29 is 9.22 Å². The summed E-state index contributed by atoms with van der Waals surface area (Å²) in [5.74, 6) is 0.574. The first-order valence-corrected chi connectivity index (χ1v) is 8.29. The number of hydrogen-bond donors (Lipinski definition) is 0. The summed E-state index contributed by atoms with van der Waals surface area (Å²) in [7, 11) is -1.67. The zero-order valence-corrected chi connectivity index (χ0v) is 10.4. The Labute approximate surface area is 91.7 Å². The Balaban J connectivity index is 3.07. The molecule has 2 nitrogen and oxygen atoms in total. The molecule has 0 saturated heterocycles. The summed E-state index contributed by atoms with van der Waals surface area (Å²) >= 11 is 0. The van der Waals surface area contributed by atoms with Gasteiger partial charge in [-0.05, 0) is 37.8 Å². The molecule has 1 aromatic carbocycles. The van der Waals surface area contributed by atoms with E-state index < -0.39 is 8.32 Å². The summed E-state index contributed by atoms with van der Waals surface area (Å²) in [5, 5.41) is 0. The van der Waals surface area contributed by atoms with Gasteiger partial charge in [-0.1, -0.05) is 18.7 Å². The summed E-state index contributed by atoms with van der Waals surface area (Å²) in [4.78, 5) is 11.5. The lowest BCUT2D eigenvalue weighted by atomic mass is 10.1. The number of ketones is 1. The van der Waals surface area contributed by atoms with Crippen molar-refractivity contribution in [2.45, 2.75) is 19.6 Å². The van der Waals surface area contributed by atoms with Crippen LogP contribution in [0.5, 0.6) is 5.75 Å². The summed E-state index contributed by atoms with van der Waals surface area (Å²) in [6.45, 7) is 9.74. The van der Waals surface area contributed by atoms with Gasteiger partial charge in [0.1, 0.15) is 5.75 Å². The molecule has 0 aliphatic heterocycles. The fraction of sp³-hybridized carbons (Fsp3) is 0.250. The smallest absolute Gasteiger partial charge is 0.242 e. The van der Waals surface area contributed by atoms with Crippen LogP contribution in [0.4, 0.5) is 0 Å². The van der Waals surface area contributed by atoms with Crippen LogP contribution < -0.4 is 4.43 Å². The Morgan fingerprint density at radius 1 is 1.33 bits per heavy atom. The quantitative estimate of drug-likeness (QED) is 0.442. The van der Waals surface area contributed by atoms with Crippen molar-refractivity contribution in [3.8, 4) is 5.75 Å². The molecule has 0 heterocycles. The van der Waals surface area contributed by atoms with Crippen LogP contribution in [-0.4, -0.2) is 14.1 Å². The molecular weight excluding hydrogens is 204 g/mol. The van der Waals surface area contributed by atoms with E-state index in [4.69, 9.17) is 4.43 Å². The predicted molar refractivity (Wildman–Crippen MR) is 64.9 cm³/mol. The van der Waals surface area contributed by atoms with Gasteiger partial charge in [0.2, 0.25) is 8.32 Å². The summed E-state index contributed by atoms with van der Waals surface area (Å²) in [6, 6.07) is 7.29. The summed E-state index contributed by atoms with van der Waals surface area (Å²) in [6.07, 6.45) is 1.31. The predicted octanol–water partition coefficient (Wildman–Crippen LogP) is 3.27.